The first-order valence-corrected chi connectivity index (χ1v) is 8.18. The first kappa shape index (κ1) is 13.3. The lowest BCUT2D eigenvalue weighted by molar-refractivity contribution is -0.125. The van der Waals surface area contributed by atoms with E-state index in [2.05, 4.69) is 16.5 Å². The predicted molar refractivity (Wildman–Crippen MR) is 79.3 cm³/mol. The molecule has 3 aliphatic carbocycles. The molecule has 5 heteroatoms. The van der Waals surface area contributed by atoms with Crippen molar-refractivity contribution in [3.63, 3.8) is 0 Å². The number of hydrogen-bond acceptors (Lipinski definition) is 3. The number of aryl methyl sites for hydroxylation is 1. The molecule has 21 heavy (non-hydrogen) atoms. The molecule has 5 nitrogen and oxygen atoms in total. The molecule has 0 radical (unpaired) electrons. The Kier molecular flexibility index (Phi) is 3.06. The van der Waals surface area contributed by atoms with Gasteiger partial charge in [-0.05, 0) is 50.0 Å². The number of fused-ring (bicyclic) bond motifs is 1. The van der Waals surface area contributed by atoms with Gasteiger partial charge in [0, 0.05) is 24.9 Å². The third-order valence-corrected chi connectivity index (χ3v) is 5.68. The van der Waals surface area contributed by atoms with Gasteiger partial charge in [-0.2, -0.15) is 5.10 Å². The maximum absolute atomic E-state index is 12.3. The second-order valence-corrected chi connectivity index (χ2v) is 7.17. The monoisotopic (exact) mass is 288 g/mol. The van der Waals surface area contributed by atoms with Crippen LogP contribution in [0.15, 0.2) is 6.07 Å². The minimum absolute atomic E-state index is 0.171. The Morgan fingerprint density at radius 1 is 1.43 bits per heavy atom. The van der Waals surface area contributed by atoms with Crippen molar-refractivity contribution >= 4 is 5.91 Å². The molecular weight excluding hydrogens is 264 g/mol. The van der Waals surface area contributed by atoms with E-state index in [9.17, 15) is 4.79 Å². The zero-order chi connectivity index (χ0) is 14.6. The van der Waals surface area contributed by atoms with Gasteiger partial charge in [0.2, 0.25) is 5.91 Å². The third-order valence-electron chi connectivity index (χ3n) is 5.68. The number of nitrogens with two attached hydrogens (primary N) is 1. The van der Waals surface area contributed by atoms with Gasteiger partial charge in [0.25, 0.3) is 0 Å². The highest BCUT2D eigenvalue weighted by Gasteiger charge is 2.47. The number of amides is 1. The van der Waals surface area contributed by atoms with Gasteiger partial charge in [-0.25, -0.2) is 0 Å². The van der Waals surface area contributed by atoms with E-state index in [1.54, 1.807) is 0 Å². The number of hydrogen-bond donors (Lipinski definition) is 2. The van der Waals surface area contributed by atoms with Gasteiger partial charge in [-0.15, -0.1) is 0 Å². The van der Waals surface area contributed by atoms with E-state index < -0.39 is 0 Å². The summed E-state index contributed by atoms with van der Waals surface area (Å²) in [6, 6.07) is 2.48. The summed E-state index contributed by atoms with van der Waals surface area (Å²) in [7, 11) is 1.96. The van der Waals surface area contributed by atoms with Crippen molar-refractivity contribution in [2.75, 3.05) is 0 Å². The SMILES string of the molecule is Cn1nc(C2CC2)cc1CNC(=O)C1CC2CC(N)C2C1. The number of nitrogens with zero attached hydrogens (tertiary/aromatic N) is 2. The van der Waals surface area contributed by atoms with Gasteiger partial charge >= 0.3 is 0 Å². The highest BCUT2D eigenvalue weighted by molar-refractivity contribution is 5.79. The Bertz CT molecular complexity index is 563. The molecule has 1 aromatic heterocycles. The summed E-state index contributed by atoms with van der Waals surface area (Å²) in [6.07, 6.45) is 5.64. The third kappa shape index (κ3) is 2.37. The summed E-state index contributed by atoms with van der Waals surface area (Å²) in [4.78, 5) is 12.3. The van der Waals surface area contributed by atoms with Crippen molar-refractivity contribution in [1.82, 2.24) is 15.1 Å². The van der Waals surface area contributed by atoms with Crippen LogP contribution in [0.1, 0.15) is 49.4 Å². The van der Waals surface area contributed by atoms with E-state index >= 15 is 0 Å². The van der Waals surface area contributed by atoms with E-state index in [-0.39, 0.29) is 11.8 Å². The van der Waals surface area contributed by atoms with E-state index in [0.717, 1.165) is 25.0 Å². The van der Waals surface area contributed by atoms with Crippen molar-refractivity contribution in [1.29, 1.82) is 0 Å². The van der Waals surface area contributed by atoms with E-state index in [0.29, 0.717) is 30.3 Å². The molecule has 3 aliphatic rings. The van der Waals surface area contributed by atoms with E-state index in [4.69, 9.17) is 5.73 Å². The molecule has 1 amide bonds. The Morgan fingerprint density at radius 3 is 2.90 bits per heavy atom. The van der Waals surface area contributed by atoms with Crippen molar-refractivity contribution < 1.29 is 4.79 Å². The van der Waals surface area contributed by atoms with E-state index in [1.165, 1.54) is 18.5 Å². The quantitative estimate of drug-likeness (QED) is 0.877. The fraction of sp³-hybridized carbons (Fsp3) is 0.750. The summed E-state index contributed by atoms with van der Waals surface area (Å²) in [5.74, 6) is 2.33. The average molecular weight is 288 g/mol. The number of rotatable bonds is 4. The Balaban J connectivity index is 1.33. The van der Waals surface area contributed by atoms with Gasteiger partial charge in [0.15, 0.2) is 0 Å². The Labute approximate surface area is 125 Å². The topological polar surface area (TPSA) is 72.9 Å². The van der Waals surface area contributed by atoms with Crippen LogP contribution in [0.3, 0.4) is 0 Å². The molecule has 0 spiro atoms. The maximum atomic E-state index is 12.3. The predicted octanol–water partition coefficient (Wildman–Crippen LogP) is 1.29. The second-order valence-electron chi connectivity index (χ2n) is 7.17. The Morgan fingerprint density at radius 2 is 2.24 bits per heavy atom. The van der Waals surface area contributed by atoms with Crippen LogP contribution in [0.4, 0.5) is 0 Å². The number of carbonyl (C=O) groups excluding carboxylic acids is 1. The van der Waals surface area contributed by atoms with Gasteiger partial charge in [0.1, 0.15) is 0 Å². The number of carbonyl (C=O) groups is 1. The molecule has 4 rings (SSSR count). The molecule has 0 saturated heterocycles. The summed E-state index contributed by atoms with van der Waals surface area (Å²) >= 11 is 0. The molecular formula is C16H24N4O. The zero-order valence-electron chi connectivity index (χ0n) is 12.6. The largest absolute Gasteiger partial charge is 0.350 e. The van der Waals surface area contributed by atoms with Crippen LogP contribution < -0.4 is 11.1 Å². The smallest absolute Gasteiger partial charge is 0.223 e. The Hall–Kier alpha value is -1.36. The van der Waals surface area contributed by atoms with Crippen LogP contribution in [0.25, 0.3) is 0 Å². The minimum Gasteiger partial charge on any atom is -0.350 e. The van der Waals surface area contributed by atoms with Gasteiger partial charge in [-0.3, -0.25) is 9.48 Å². The van der Waals surface area contributed by atoms with Crippen LogP contribution >= 0.6 is 0 Å². The minimum atomic E-state index is 0.171. The first-order chi connectivity index (χ1) is 10.1. The van der Waals surface area contributed by atoms with Crippen LogP contribution in [-0.2, 0) is 18.4 Å². The molecule has 3 N–H and O–H groups in total. The molecule has 3 saturated carbocycles. The van der Waals surface area contributed by atoms with Crippen LogP contribution in [0, 0.1) is 17.8 Å². The number of nitrogens with one attached hydrogen (secondary N) is 1. The van der Waals surface area contributed by atoms with E-state index in [1.807, 2.05) is 11.7 Å². The van der Waals surface area contributed by atoms with Gasteiger partial charge in [0.05, 0.1) is 17.9 Å². The molecule has 3 fully saturated rings. The molecule has 4 unspecified atom stereocenters. The van der Waals surface area contributed by atoms with Gasteiger partial charge in [-0.1, -0.05) is 0 Å². The maximum Gasteiger partial charge on any atom is 0.223 e. The van der Waals surface area contributed by atoms with Crippen molar-refractivity contribution in [3.8, 4) is 0 Å². The normalized spacial score (nSPS) is 34.4. The zero-order valence-corrected chi connectivity index (χ0v) is 12.6. The molecule has 4 atom stereocenters. The molecule has 0 bridgehead atoms. The second kappa shape index (κ2) is 4.83. The highest BCUT2D eigenvalue weighted by atomic mass is 16.1. The van der Waals surface area contributed by atoms with Crippen molar-refractivity contribution in [2.24, 2.45) is 30.5 Å². The lowest BCUT2D eigenvalue weighted by Crippen LogP contribution is -2.44. The standard InChI is InChI=1S/C16H24N4O/c1-20-12(7-15(19-20)9-2-3-9)8-18-16(21)11-4-10-6-14(17)13(10)5-11/h7,9-11,13-14H,2-6,8,17H2,1H3,(H,18,21). The van der Waals surface area contributed by atoms with Crippen LogP contribution in [-0.4, -0.2) is 21.7 Å². The first-order valence-electron chi connectivity index (χ1n) is 8.18. The van der Waals surface area contributed by atoms with Crippen molar-refractivity contribution in [3.05, 3.63) is 17.5 Å². The molecule has 0 aromatic carbocycles. The fourth-order valence-electron chi connectivity index (χ4n) is 4.09. The average Bonchev–Trinajstić information content (AvgIpc) is 3.15. The molecule has 0 aliphatic heterocycles. The summed E-state index contributed by atoms with van der Waals surface area (Å²) in [5, 5.41) is 7.64. The molecule has 114 valence electrons. The highest BCUT2D eigenvalue weighted by Crippen LogP contribution is 2.48. The van der Waals surface area contributed by atoms with Crippen LogP contribution in [0.2, 0.25) is 0 Å². The molecule has 1 aromatic rings. The fourth-order valence-corrected chi connectivity index (χ4v) is 4.09. The summed E-state index contributed by atoms with van der Waals surface area (Å²) in [6.45, 7) is 0.590. The molecule has 1 heterocycles. The number of aromatic nitrogens is 2. The lowest BCUT2D eigenvalue weighted by atomic mass is 9.72. The summed E-state index contributed by atoms with van der Waals surface area (Å²) in [5.41, 5.74) is 8.29. The van der Waals surface area contributed by atoms with Crippen molar-refractivity contribution in [2.45, 2.75) is 50.6 Å². The van der Waals surface area contributed by atoms with Crippen LogP contribution in [0.5, 0.6) is 0 Å². The lowest BCUT2D eigenvalue weighted by Gasteiger charge is -2.37. The summed E-state index contributed by atoms with van der Waals surface area (Å²) < 4.78 is 1.90. The van der Waals surface area contributed by atoms with Gasteiger partial charge < -0.3 is 11.1 Å².